The number of nitrogens with zero attached hydrogens (tertiary/aromatic N) is 2. The molecule has 94 valence electrons. The Labute approximate surface area is 107 Å². The maximum atomic E-state index is 5.95. The van der Waals surface area contributed by atoms with Gasteiger partial charge in [0.1, 0.15) is 5.75 Å². The molecule has 0 bridgehead atoms. The van der Waals surface area contributed by atoms with Gasteiger partial charge in [-0.2, -0.15) is 0 Å². The van der Waals surface area contributed by atoms with Crippen LogP contribution in [0, 0.1) is 6.92 Å². The van der Waals surface area contributed by atoms with E-state index < -0.39 is 0 Å². The van der Waals surface area contributed by atoms with Gasteiger partial charge in [-0.1, -0.05) is 0 Å². The Bertz CT molecular complexity index is 537. The SMILES string of the molecule is COc1ccc(N(C)c2nc(C)ccc2N)cc1. The summed E-state index contributed by atoms with van der Waals surface area (Å²) in [5.41, 5.74) is 8.58. The van der Waals surface area contributed by atoms with Gasteiger partial charge in [0.25, 0.3) is 0 Å². The zero-order valence-electron chi connectivity index (χ0n) is 10.8. The Balaban J connectivity index is 2.34. The third kappa shape index (κ3) is 2.37. The van der Waals surface area contributed by atoms with Crippen molar-refractivity contribution in [2.45, 2.75) is 6.92 Å². The van der Waals surface area contributed by atoms with Gasteiger partial charge >= 0.3 is 0 Å². The van der Waals surface area contributed by atoms with E-state index in [1.165, 1.54) is 0 Å². The molecule has 18 heavy (non-hydrogen) atoms. The molecule has 1 aromatic heterocycles. The van der Waals surface area contributed by atoms with Crippen molar-refractivity contribution in [2.75, 3.05) is 24.8 Å². The Morgan fingerprint density at radius 2 is 1.78 bits per heavy atom. The number of aromatic nitrogens is 1. The number of ether oxygens (including phenoxy) is 1. The quantitative estimate of drug-likeness (QED) is 0.900. The molecule has 0 amide bonds. The van der Waals surface area contributed by atoms with E-state index in [1.54, 1.807) is 7.11 Å². The first kappa shape index (κ1) is 12.2. The number of rotatable bonds is 3. The molecule has 2 rings (SSSR count). The molecule has 1 heterocycles. The van der Waals surface area contributed by atoms with Crippen molar-refractivity contribution < 1.29 is 4.74 Å². The van der Waals surface area contributed by atoms with Crippen LogP contribution < -0.4 is 15.4 Å². The Kier molecular flexibility index (Phi) is 3.37. The molecule has 0 saturated carbocycles. The van der Waals surface area contributed by atoms with Crippen LogP contribution in [0.25, 0.3) is 0 Å². The molecule has 0 aliphatic carbocycles. The Morgan fingerprint density at radius 3 is 2.39 bits per heavy atom. The summed E-state index contributed by atoms with van der Waals surface area (Å²) < 4.78 is 5.14. The standard InChI is InChI=1S/C14H17N3O/c1-10-4-9-13(15)14(16-10)17(2)11-5-7-12(18-3)8-6-11/h4-9H,15H2,1-3H3. The number of anilines is 3. The Morgan fingerprint density at radius 1 is 1.11 bits per heavy atom. The number of hydrogen-bond donors (Lipinski definition) is 1. The molecule has 1 aromatic carbocycles. The van der Waals surface area contributed by atoms with Crippen molar-refractivity contribution in [3.63, 3.8) is 0 Å². The van der Waals surface area contributed by atoms with E-state index in [0.29, 0.717) is 5.69 Å². The molecular weight excluding hydrogens is 226 g/mol. The molecule has 0 fully saturated rings. The fourth-order valence-electron chi connectivity index (χ4n) is 1.75. The topological polar surface area (TPSA) is 51.4 Å². The van der Waals surface area contributed by atoms with Crippen LogP contribution in [0.1, 0.15) is 5.69 Å². The maximum Gasteiger partial charge on any atom is 0.156 e. The Hall–Kier alpha value is -2.23. The van der Waals surface area contributed by atoms with Crippen molar-refractivity contribution in [3.05, 3.63) is 42.1 Å². The summed E-state index contributed by atoms with van der Waals surface area (Å²) in [6, 6.07) is 11.6. The molecule has 4 nitrogen and oxygen atoms in total. The third-order valence-corrected chi connectivity index (χ3v) is 2.82. The first-order valence-corrected chi connectivity index (χ1v) is 5.72. The monoisotopic (exact) mass is 243 g/mol. The van der Waals surface area contributed by atoms with Gasteiger partial charge in [0.2, 0.25) is 0 Å². The summed E-state index contributed by atoms with van der Waals surface area (Å²) in [7, 11) is 3.60. The summed E-state index contributed by atoms with van der Waals surface area (Å²) in [6.07, 6.45) is 0. The molecule has 0 unspecified atom stereocenters. The molecule has 0 aliphatic rings. The predicted octanol–water partition coefficient (Wildman–Crippen LogP) is 2.75. The first-order chi connectivity index (χ1) is 8.61. The zero-order chi connectivity index (χ0) is 13.1. The second-order valence-corrected chi connectivity index (χ2v) is 4.12. The maximum absolute atomic E-state index is 5.95. The zero-order valence-corrected chi connectivity index (χ0v) is 10.8. The van der Waals surface area contributed by atoms with Gasteiger partial charge in [-0.05, 0) is 43.3 Å². The molecule has 2 aromatic rings. The fourth-order valence-corrected chi connectivity index (χ4v) is 1.75. The number of pyridine rings is 1. The van der Waals surface area contributed by atoms with Crippen LogP contribution in [0.5, 0.6) is 5.75 Å². The second kappa shape index (κ2) is 4.96. The smallest absolute Gasteiger partial charge is 0.156 e. The lowest BCUT2D eigenvalue weighted by Gasteiger charge is -2.20. The van der Waals surface area contributed by atoms with E-state index in [-0.39, 0.29) is 0 Å². The van der Waals surface area contributed by atoms with Crippen LogP contribution in [-0.2, 0) is 0 Å². The summed E-state index contributed by atoms with van der Waals surface area (Å²) in [5, 5.41) is 0. The molecule has 0 atom stereocenters. The van der Waals surface area contributed by atoms with Gasteiger partial charge < -0.3 is 15.4 Å². The lowest BCUT2D eigenvalue weighted by molar-refractivity contribution is 0.415. The lowest BCUT2D eigenvalue weighted by atomic mass is 10.2. The van der Waals surface area contributed by atoms with E-state index in [0.717, 1.165) is 22.9 Å². The minimum Gasteiger partial charge on any atom is -0.497 e. The van der Waals surface area contributed by atoms with Gasteiger partial charge in [0.15, 0.2) is 5.82 Å². The number of nitrogens with two attached hydrogens (primary N) is 1. The molecule has 0 aliphatic heterocycles. The van der Waals surface area contributed by atoms with E-state index >= 15 is 0 Å². The van der Waals surface area contributed by atoms with Crippen LogP contribution >= 0.6 is 0 Å². The van der Waals surface area contributed by atoms with Gasteiger partial charge in [-0.15, -0.1) is 0 Å². The van der Waals surface area contributed by atoms with Crippen molar-refractivity contribution >= 4 is 17.2 Å². The van der Waals surface area contributed by atoms with Crippen LogP contribution in [0.3, 0.4) is 0 Å². The van der Waals surface area contributed by atoms with E-state index in [9.17, 15) is 0 Å². The molecule has 2 N–H and O–H groups in total. The number of benzene rings is 1. The summed E-state index contributed by atoms with van der Waals surface area (Å²) >= 11 is 0. The van der Waals surface area contributed by atoms with Crippen molar-refractivity contribution in [1.82, 2.24) is 4.98 Å². The van der Waals surface area contributed by atoms with Crippen molar-refractivity contribution in [3.8, 4) is 5.75 Å². The lowest BCUT2D eigenvalue weighted by Crippen LogP contribution is -2.13. The normalized spacial score (nSPS) is 10.2. The van der Waals surface area contributed by atoms with Gasteiger partial charge in [-0.25, -0.2) is 4.98 Å². The number of aryl methyl sites for hydroxylation is 1. The second-order valence-electron chi connectivity index (χ2n) is 4.12. The van der Waals surface area contributed by atoms with Crippen LogP contribution in [-0.4, -0.2) is 19.1 Å². The van der Waals surface area contributed by atoms with Crippen LogP contribution in [0.2, 0.25) is 0 Å². The highest BCUT2D eigenvalue weighted by atomic mass is 16.5. The number of methoxy groups -OCH3 is 1. The average Bonchev–Trinajstić information content (AvgIpc) is 2.41. The van der Waals surface area contributed by atoms with Crippen molar-refractivity contribution in [1.29, 1.82) is 0 Å². The van der Waals surface area contributed by atoms with Crippen molar-refractivity contribution in [2.24, 2.45) is 0 Å². The average molecular weight is 243 g/mol. The minimum atomic E-state index is 0.666. The largest absolute Gasteiger partial charge is 0.497 e. The predicted molar refractivity (Wildman–Crippen MR) is 74.4 cm³/mol. The van der Waals surface area contributed by atoms with Gasteiger partial charge in [0, 0.05) is 18.4 Å². The molecular formula is C14H17N3O. The summed E-state index contributed by atoms with van der Waals surface area (Å²) in [5.74, 6) is 1.59. The highest BCUT2D eigenvalue weighted by molar-refractivity contribution is 5.70. The van der Waals surface area contributed by atoms with Gasteiger partial charge in [-0.3, -0.25) is 0 Å². The molecule has 0 saturated heterocycles. The van der Waals surface area contributed by atoms with Gasteiger partial charge in [0.05, 0.1) is 12.8 Å². The molecule has 0 spiro atoms. The van der Waals surface area contributed by atoms with E-state index in [1.807, 2.05) is 55.3 Å². The highest BCUT2D eigenvalue weighted by Crippen LogP contribution is 2.28. The third-order valence-electron chi connectivity index (χ3n) is 2.82. The fraction of sp³-hybridized carbons (Fsp3) is 0.214. The summed E-state index contributed by atoms with van der Waals surface area (Å²) in [4.78, 5) is 6.42. The van der Waals surface area contributed by atoms with Crippen LogP contribution in [0.4, 0.5) is 17.2 Å². The van der Waals surface area contributed by atoms with E-state index in [2.05, 4.69) is 4.98 Å². The minimum absolute atomic E-state index is 0.666. The van der Waals surface area contributed by atoms with Crippen LogP contribution in [0.15, 0.2) is 36.4 Å². The summed E-state index contributed by atoms with van der Waals surface area (Å²) in [6.45, 7) is 1.95. The highest BCUT2D eigenvalue weighted by Gasteiger charge is 2.09. The molecule has 4 heteroatoms. The first-order valence-electron chi connectivity index (χ1n) is 5.72. The molecule has 0 radical (unpaired) electrons. The number of hydrogen-bond acceptors (Lipinski definition) is 4. The number of nitrogen functional groups attached to an aromatic ring is 1. The van der Waals surface area contributed by atoms with E-state index in [4.69, 9.17) is 10.5 Å².